The van der Waals surface area contributed by atoms with Gasteiger partial charge < -0.3 is 5.32 Å². The fraction of sp³-hybridized carbons (Fsp3) is 0.556. The van der Waals surface area contributed by atoms with Crippen LogP contribution in [0.4, 0.5) is 0 Å². The predicted octanol–water partition coefficient (Wildman–Crippen LogP) is 3.58. The van der Waals surface area contributed by atoms with Gasteiger partial charge in [-0.2, -0.15) is 0 Å². The van der Waals surface area contributed by atoms with E-state index < -0.39 is 0 Å². The Morgan fingerprint density at radius 2 is 2.04 bits per heavy atom. The highest BCUT2D eigenvalue weighted by atomic mass is 79.9. The monoisotopic (exact) mass is 426 g/mol. The van der Waals surface area contributed by atoms with Crippen LogP contribution in [-0.2, 0) is 6.54 Å². The summed E-state index contributed by atoms with van der Waals surface area (Å²) in [4.78, 5) is 20.5. The van der Waals surface area contributed by atoms with E-state index in [4.69, 9.17) is 16.6 Å². The van der Waals surface area contributed by atoms with Crippen molar-refractivity contribution in [2.24, 2.45) is 0 Å². The Balaban J connectivity index is 2.19. The van der Waals surface area contributed by atoms with Crippen LogP contribution < -0.4 is 10.9 Å². The van der Waals surface area contributed by atoms with Gasteiger partial charge in [0, 0.05) is 37.2 Å². The minimum atomic E-state index is -0.0509. The van der Waals surface area contributed by atoms with E-state index >= 15 is 0 Å². The van der Waals surface area contributed by atoms with Gasteiger partial charge in [0.2, 0.25) is 0 Å². The molecule has 2 heterocycles. The number of nitrogens with one attached hydrogen (secondary N) is 1. The minimum absolute atomic E-state index is 0.0509. The molecule has 2 aromatic rings. The van der Waals surface area contributed by atoms with Gasteiger partial charge >= 0.3 is 0 Å². The molecule has 1 atom stereocenters. The maximum atomic E-state index is 13.1. The molecular weight excluding hydrogens is 404 g/mol. The zero-order valence-electron chi connectivity index (χ0n) is 14.7. The molecule has 0 amide bonds. The smallest absolute Gasteiger partial charge is 0.262 e. The predicted molar refractivity (Wildman–Crippen MR) is 106 cm³/mol. The molecule has 1 aliphatic heterocycles. The van der Waals surface area contributed by atoms with Gasteiger partial charge in [0.25, 0.3) is 5.56 Å². The third-order valence-electron chi connectivity index (χ3n) is 4.81. The average Bonchev–Trinajstić information content (AvgIpc) is 2.63. The molecule has 1 fully saturated rings. The third kappa shape index (κ3) is 3.63. The average molecular weight is 428 g/mol. The summed E-state index contributed by atoms with van der Waals surface area (Å²) < 4.78 is 2.52. The van der Waals surface area contributed by atoms with Crippen molar-refractivity contribution in [2.45, 2.75) is 39.3 Å². The molecular formula is C18H24BrClN4O. The van der Waals surface area contributed by atoms with Crippen molar-refractivity contribution < 1.29 is 0 Å². The van der Waals surface area contributed by atoms with E-state index in [0.717, 1.165) is 49.3 Å². The maximum Gasteiger partial charge on any atom is 0.262 e. The van der Waals surface area contributed by atoms with Crippen LogP contribution >= 0.6 is 27.5 Å². The fourth-order valence-corrected chi connectivity index (χ4v) is 4.13. The fourth-order valence-electron chi connectivity index (χ4n) is 3.56. The summed E-state index contributed by atoms with van der Waals surface area (Å²) in [6.07, 6.45) is 2.04. The van der Waals surface area contributed by atoms with E-state index in [9.17, 15) is 4.79 Å². The highest BCUT2D eigenvalue weighted by molar-refractivity contribution is 9.10. The summed E-state index contributed by atoms with van der Waals surface area (Å²) in [5, 5.41) is 4.33. The lowest BCUT2D eigenvalue weighted by Gasteiger charge is -2.35. The number of rotatable bonds is 5. The van der Waals surface area contributed by atoms with Crippen molar-refractivity contribution >= 4 is 38.4 Å². The molecule has 1 aromatic carbocycles. The van der Waals surface area contributed by atoms with Crippen molar-refractivity contribution in [3.63, 3.8) is 0 Å². The zero-order valence-corrected chi connectivity index (χ0v) is 17.0. The summed E-state index contributed by atoms with van der Waals surface area (Å²) in [7, 11) is 0. The lowest BCUT2D eigenvalue weighted by atomic mass is 10.1. The molecule has 1 aliphatic rings. The van der Waals surface area contributed by atoms with Gasteiger partial charge in [-0.3, -0.25) is 14.3 Å². The van der Waals surface area contributed by atoms with Gasteiger partial charge in [-0.1, -0.05) is 24.9 Å². The Kier molecular flexibility index (Phi) is 6.15. The van der Waals surface area contributed by atoms with Gasteiger partial charge in [-0.15, -0.1) is 0 Å². The number of nitrogens with zero attached hydrogens (tertiary/aromatic N) is 3. The SMILES string of the molecule is CCCC(c1nc2ccc(Br)c(Cl)c2c(=O)n1CC)N1CCNCC1. The first kappa shape index (κ1) is 18.8. The van der Waals surface area contributed by atoms with E-state index in [-0.39, 0.29) is 11.6 Å². The van der Waals surface area contributed by atoms with E-state index in [0.29, 0.717) is 22.5 Å². The van der Waals surface area contributed by atoms with Crippen LogP contribution in [0.25, 0.3) is 10.9 Å². The van der Waals surface area contributed by atoms with Crippen LogP contribution in [0.1, 0.15) is 38.6 Å². The normalized spacial score (nSPS) is 17.1. The van der Waals surface area contributed by atoms with Crippen LogP contribution in [0.5, 0.6) is 0 Å². The van der Waals surface area contributed by atoms with E-state index in [1.807, 2.05) is 19.1 Å². The molecule has 7 heteroatoms. The van der Waals surface area contributed by atoms with Gasteiger partial charge in [-0.05, 0) is 41.4 Å². The highest BCUT2D eigenvalue weighted by Crippen LogP contribution is 2.30. The number of piperazine rings is 1. The Morgan fingerprint density at radius 1 is 1.32 bits per heavy atom. The largest absolute Gasteiger partial charge is 0.314 e. The Labute approximate surface area is 161 Å². The topological polar surface area (TPSA) is 50.2 Å². The Hall–Kier alpha value is -0.950. The number of halogens is 2. The van der Waals surface area contributed by atoms with Gasteiger partial charge in [0.1, 0.15) is 5.82 Å². The van der Waals surface area contributed by atoms with E-state index in [2.05, 4.69) is 33.1 Å². The lowest BCUT2D eigenvalue weighted by molar-refractivity contribution is 0.154. The molecule has 0 aliphatic carbocycles. The molecule has 5 nitrogen and oxygen atoms in total. The standard InChI is InChI=1S/C18H24BrClN4O/c1-3-5-14(23-10-8-21-9-11-23)17-22-13-7-6-12(19)16(20)15(13)18(25)24(17)4-2/h6-7,14,21H,3-5,8-11H2,1-2H3. The first-order valence-corrected chi connectivity index (χ1v) is 10.1. The molecule has 1 N–H and O–H groups in total. The van der Waals surface area contributed by atoms with Gasteiger partial charge in [0.15, 0.2) is 0 Å². The highest BCUT2D eigenvalue weighted by Gasteiger charge is 2.26. The van der Waals surface area contributed by atoms with Gasteiger partial charge in [0.05, 0.1) is 22.0 Å². The van der Waals surface area contributed by atoms with Crippen LogP contribution in [-0.4, -0.2) is 40.6 Å². The molecule has 25 heavy (non-hydrogen) atoms. The summed E-state index contributed by atoms with van der Waals surface area (Å²) in [6.45, 7) is 8.66. The zero-order chi connectivity index (χ0) is 18.0. The van der Waals surface area contributed by atoms with Crippen molar-refractivity contribution in [3.05, 3.63) is 37.8 Å². The van der Waals surface area contributed by atoms with Gasteiger partial charge in [-0.25, -0.2) is 4.98 Å². The third-order valence-corrected chi connectivity index (χ3v) is 6.09. The second kappa shape index (κ2) is 8.16. The molecule has 1 saturated heterocycles. The summed E-state index contributed by atoms with van der Waals surface area (Å²) in [6, 6.07) is 3.89. The van der Waals surface area contributed by atoms with Crippen LogP contribution in [0, 0.1) is 0 Å². The molecule has 136 valence electrons. The molecule has 0 radical (unpaired) electrons. The molecule has 1 unspecified atom stereocenters. The summed E-state index contributed by atoms with van der Waals surface area (Å²) in [5.74, 6) is 0.863. The van der Waals surface area contributed by atoms with Crippen LogP contribution in [0.2, 0.25) is 5.02 Å². The van der Waals surface area contributed by atoms with Crippen LogP contribution in [0.15, 0.2) is 21.4 Å². The number of aromatic nitrogens is 2. The lowest BCUT2D eigenvalue weighted by Crippen LogP contribution is -2.46. The second-order valence-electron chi connectivity index (χ2n) is 6.37. The van der Waals surface area contributed by atoms with Crippen molar-refractivity contribution in [1.82, 2.24) is 19.8 Å². The first-order valence-electron chi connectivity index (χ1n) is 8.91. The molecule has 0 saturated carbocycles. The number of benzene rings is 1. The number of hydrogen-bond donors (Lipinski definition) is 1. The van der Waals surface area contributed by atoms with Crippen molar-refractivity contribution in [2.75, 3.05) is 26.2 Å². The minimum Gasteiger partial charge on any atom is -0.314 e. The Morgan fingerprint density at radius 3 is 2.68 bits per heavy atom. The molecule has 0 bridgehead atoms. The first-order chi connectivity index (χ1) is 12.1. The molecule has 3 rings (SSSR count). The maximum absolute atomic E-state index is 13.1. The van der Waals surface area contributed by atoms with E-state index in [1.54, 1.807) is 4.57 Å². The van der Waals surface area contributed by atoms with Crippen molar-refractivity contribution in [1.29, 1.82) is 0 Å². The second-order valence-corrected chi connectivity index (χ2v) is 7.60. The number of fused-ring (bicyclic) bond motifs is 1. The molecule has 0 spiro atoms. The Bertz CT molecular complexity index is 817. The summed E-state index contributed by atoms with van der Waals surface area (Å²) >= 11 is 9.79. The quantitative estimate of drug-likeness (QED) is 0.792. The summed E-state index contributed by atoms with van der Waals surface area (Å²) in [5.41, 5.74) is 0.624. The number of hydrogen-bond acceptors (Lipinski definition) is 4. The van der Waals surface area contributed by atoms with E-state index in [1.165, 1.54) is 0 Å². The van der Waals surface area contributed by atoms with Crippen LogP contribution in [0.3, 0.4) is 0 Å². The molecule has 1 aromatic heterocycles. The van der Waals surface area contributed by atoms with Crippen molar-refractivity contribution in [3.8, 4) is 0 Å².